The SMILES string of the molecule is CONC(=O)C1Cc2ccccc2CN1C(=O)c1ccco1. The Bertz CT molecular complexity index is 681. The van der Waals surface area contributed by atoms with Gasteiger partial charge >= 0.3 is 0 Å². The van der Waals surface area contributed by atoms with Crippen molar-refractivity contribution in [2.45, 2.75) is 19.0 Å². The fraction of sp³-hybridized carbons (Fsp3) is 0.250. The zero-order valence-corrected chi connectivity index (χ0v) is 12.1. The second-order valence-electron chi connectivity index (χ2n) is 5.07. The Balaban J connectivity index is 1.94. The maximum atomic E-state index is 12.6. The van der Waals surface area contributed by atoms with Crippen molar-refractivity contribution in [3.05, 3.63) is 59.5 Å². The van der Waals surface area contributed by atoms with E-state index in [9.17, 15) is 9.59 Å². The topological polar surface area (TPSA) is 71.8 Å². The number of hydrogen-bond acceptors (Lipinski definition) is 4. The summed E-state index contributed by atoms with van der Waals surface area (Å²) >= 11 is 0. The molecule has 6 nitrogen and oxygen atoms in total. The largest absolute Gasteiger partial charge is 0.459 e. The highest BCUT2D eigenvalue weighted by molar-refractivity contribution is 5.95. The molecule has 22 heavy (non-hydrogen) atoms. The molecule has 1 aliphatic heterocycles. The molecule has 0 bridgehead atoms. The average molecular weight is 300 g/mol. The summed E-state index contributed by atoms with van der Waals surface area (Å²) in [5.74, 6) is -0.442. The Kier molecular flexibility index (Phi) is 3.93. The third kappa shape index (κ3) is 2.60. The van der Waals surface area contributed by atoms with Gasteiger partial charge in [0.15, 0.2) is 5.76 Å². The summed E-state index contributed by atoms with van der Waals surface area (Å²) in [6, 6.07) is 10.4. The van der Waals surface area contributed by atoms with E-state index in [1.54, 1.807) is 12.1 Å². The number of fused-ring (bicyclic) bond motifs is 1. The van der Waals surface area contributed by atoms with Crippen molar-refractivity contribution in [1.82, 2.24) is 10.4 Å². The highest BCUT2D eigenvalue weighted by atomic mass is 16.6. The molecule has 1 aromatic heterocycles. The van der Waals surface area contributed by atoms with Gasteiger partial charge in [0.25, 0.3) is 11.8 Å². The zero-order chi connectivity index (χ0) is 15.5. The minimum Gasteiger partial charge on any atom is -0.459 e. The first kappa shape index (κ1) is 14.3. The predicted molar refractivity (Wildman–Crippen MR) is 77.7 cm³/mol. The van der Waals surface area contributed by atoms with Crippen molar-refractivity contribution in [3.8, 4) is 0 Å². The Morgan fingerprint density at radius 2 is 2.00 bits per heavy atom. The summed E-state index contributed by atoms with van der Waals surface area (Å²) < 4.78 is 5.17. The fourth-order valence-electron chi connectivity index (χ4n) is 2.68. The molecule has 0 radical (unpaired) electrons. The van der Waals surface area contributed by atoms with E-state index in [-0.39, 0.29) is 17.6 Å². The molecular formula is C16H16N2O4. The molecule has 3 rings (SSSR count). The molecule has 2 aromatic rings. The van der Waals surface area contributed by atoms with Crippen LogP contribution in [0, 0.1) is 0 Å². The molecule has 0 aliphatic carbocycles. The van der Waals surface area contributed by atoms with Crippen molar-refractivity contribution in [2.24, 2.45) is 0 Å². The Morgan fingerprint density at radius 3 is 2.68 bits per heavy atom. The van der Waals surface area contributed by atoms with Crippen LogP contribution >= 0.6 is 0 Å². The van der Waals surface area contributed by atoms with Gasteiger partial charge in [-0.3, -0.25) is 14.4 Å². The molecule has 114 valence electrons. The standard InChI is InChI=1S/C16H16N2O4/c1-21-17-15(19)13-9-11-5-2-3-6-12(11)10-18(13)16(20)14-7-4-8-22-14/h2-8,13H,9-10H2,1H3,(H,17,19). The predicted octanol–water partition coefficient (Wildman–Crippen LogP) is 1.52. The lowest BCUT2D eigenvalue weighted by Crippen LogP contribution is -2.52. The van der Waals surface area contributed by atoms with Gasteiger partial charge < -0.3 is 9.32 Å². The lowest BCUT2D eigenvalue weighted by atomic mass is 9.93. The number of hydroxylamine groups is 1. The van der Waals surface area contributed by atoms with Gasteiger partial charge in [-0.2, -0.15) is 0 Å². The summed E-state index contributed by atoms with van der Waals surface area (Å²) in [4.78, 5) is 31.0. The number of furan rings is 1. The first-order valence-corrected chi connectivity index (χ1v) is 6.95. The third-order valence-electron chi connectivity index (χ3n) is 3.75. The van der Waals surface area contributed by atoms with E-state index >= 15 is 0 Å². The second kappa shape index (κ2) is 6.03. The van der Waals surface area contributed by atoms with Crippen LogP contribution in [-0.4, -0.2) is 29.9 Å². The number of carbonyl (C=O) groups is 2. The summed E-state index contributed by atoms with van der Waals surface area (Å²) in [6.07, 6.45) is 1.88. The van der Waals surface area contributed by atoms with Crippen LogP contribution < -0.4 is 5.48 Å². The van der Waals surface area contributed by atoms with Crippen LogP contribution in [0.1, 0.15) is 21.7 Å². The Labute approximate surface area is 127 Å². The molecule has 2 heterocycles. The van der Waals surface area contributed by atoms with Crippen molar-refractivity contribution in [1.29, 1.82) is 0 Å². The third-order valence-corrected chi connectivity index (χ3v) is 3.75. The van der Waals surface area contributed by atoms with Gasteiger partial charge in [-0.05, 0) is 23.3 Å². The van der Waals surface area contributed by atoms with E-state index in [0.717, 1.165) is 11.1 Å². The highest BCUT2D eigenvalue weighted by Gasteiger charge is 2.35. The molecule has 0 spiro atoms. The molecule has 1 aliphatic rings. The van der Waals surface area contributed by atoms with Gasteiger partial charge in [-0.15, -0.1) is 0 Å². The number of carbonyl (C=O) groups excluding carboxylic acids is 2. The van der Waals surface area contributed by atoms with Crippen molar-refractivity contribution >= 4 is 11.8 Å². The van der Waals surface area contributed by atoms with Gasteiger partial charge in [0, 0.05) is 13.0 Å². The molecule has 1 aromatic carbocycles. The minimum atomic E-state index is -0.632. The summed E-state index contributed by atoms with van der Waals surface area (Å²) in [5, 5.41) is 0. The number of nitrogens with one attached hydrogen (secondary N) is 1. The summed E-state index contributed by atoms with van der Waals surface area (Å²) in [7, 11) is 1.37. The number of hydrogen-bond donors (Lipinski definition) is 1. The van der Waals surface area contributed by atoms with E-state index in [1.807, 2.05) is 24.3 Å². The van der Waals surface area contributed by atoms with Crippen molar-refractivity contribution < 1.29 is 18.8 Å². The number of amides is 2. The van der Waals surface area contributed by atoms with Gasteiger partial charge in [-0.1, -0.05) is 24.3 Å². The maximum Gasteiger partial charge on any atom is 0.290 e. The van der Waals surface area contributed by atoms with E-state index in [4.69, 9.17) is 9.25 Å². The first-order valence-electron chi connectivity index (χ1n) is 6.95. The van der Waals surface area contributed by atoms with Crippen LogP contribution in [0.25, 0.3) is 0 Å². The van der Waals surface area contributed by atoms with Crippen LogP contribution in [0.4, 0.5) is 0 Å². The molecule has 1 unspecified atom stereocenters. The van der Waals surface area contributed by atoms with Crippen LogP contribution in [0.3, 0.4) is 0 Å². The summed E-state index contributed by atoms with van der Waals surface area (Å²) in [5.41, 5.74) is 4.40. The fourth-order valence-corrected chi connectivity index (χ4v) is 2.68. The molecule has 0 saturated carbocycles. The van der Waals surface area contributed by atoms with Gasteiger partial charge in [0.05, 0.1) is 13.4 Å². The van der Waals surface area contributed by atoms with Crippen LogP contribution in [0.15, 0.2) is 47.1 Å². The monoisotopic (exact) mass is 300 g/mol. The number of rotatable bonds is 3. The minimum absolute atomic E-state index is 0.217. The first-order chi connectivity index (χ1) is 10.7. The second-order valence-corrected chi connectivity index (χ2v) is 5.07. The lowest BCUT2D eigenvalue weighted by molar-refractivity contribution is -0.136. The normalized spacial score (nSPS) is 17.0. The molecular weight excluding hydrogens is 284 g/mol. The van der Waals surface area contributed by atoms with Crippen molar-refractivity contribution in [2.75, 3.05) is 7.11 Å². The van der Waals surface area contributed by atoms with Gasteiger partial charge in [-0.25, -0.2) is 5.48 Å². The molecule has 6 heteroatoms. The molecule has 1 atom stereocenters. The molecule has 0 fully saturated rings. The lowest BCUT2D eigenvalue weighted by Gasteiger charge is -2.35. The van der Waals surface area contributed by atoms with Crippen LogP contribution in [0.2, 0.25) is 0 Å². The number of nitrogens with zero attached hydrogens (tertiary/aromatic N) is 1. The zero-order valence-electron chi connectivity index (χ0n) is 12.1. The average Bonchev–Trinajstić information content (AvgIpc) is 3.07. The molecule has 2 amide bonds. The molecule has 1 N–H and O–H groups in total. The van der Waals surface area contributed by atoms with Crippen molar-refractivity contribution in [3.63, 3.8) is 0 Å². The van der Waals surface area contributed by atoms with Crippen LogP contribution in [0.5, 0.6) is 0 Å². The summed E-state index contributed by atoms with van der Waals surface area (Å²) in [6.45, 7) is 0.359. The highest BCUT2D eigenvalue weighted by Crippen LogP contribution is 2.25. The number of benzene rings is 1. The van der Waals surface area contributed by atoms with Gasteiger partial charge in [0.2, 0.25) is 0 Å². The van der Waals surface area contributed by atoms with E-state index < -0.39 is 6.04 Å². The van der Waals surface area contributed by atoms with Crippen LogP contribution in [-0.2, 0) is 22.6 Å². The smallest absolute Gasteiger partial charge is 0.290 e. The molecule has 0 saturated heterocycles. The van der Waals surface area contributed by atoms with E-state index in [2.05, 4.69) is 5.48 Å². The van der Waals surface area contributed by atoms with E-state index in [0.29, 0.717) is 13.0 Å². The van der Waals surface area contributed by atoms with E-state index in [1.165, 1.54) is 18.3 Å². The quantitative estimate of drug-likeness (QED) is 0.873. The maximum absolute atomic E-state index is 12.6. The Morgan fingerprint density at radius 1 is 1.23 bits per heavy atom. The van der Waals surface area contributed by atoms with Gasteiger partial charge in [0.1, 0.15) is 6.04 Å². The Hall–Kier alpha value is -2.60.